The van der Waals surface area contributed by atoms with Gasteiger partial charge >= 0.3 is 0 Å². The molecule has 1 fully saturated rings. The highest BCUT2D eigenvalue weighted by Gasteiger charge is 2.32. The maximum absolute atomic E-state index is 11.0. The average Bonchev–Trinajstić information content (AvgIpc) is 3.15. The van der Waals surface area contributed by atoms with Gasteiger partial charge in [-0.15, -0.1) is 24.8 Å². The molecule has 0 atom stereocenters. The first-order valence-electron chi connectivity index (χ1n) is 9.87. The molecule has 1 aromatic carbocycles. The first kappa shape index (κ1) is 26.1. The minimum atomic E-state index is -0.542. The lowest BCUT2D eigenvalue weighted by Gasteiger charge is -2.39. The largest absolute Gasteiger partial charge is 0.491 e. The van der Waals surface area contributed by atoms with E-state index in [9.17, 15) is 5.11 Å². The molecule has 3 rings (SSSR count). The number of aliphatic hydroxyl groups is 1. The summed E-state index contributed by atoms with van der Waals surface area (Å²) >= 11 is 1.75. The Morgan fingerprint density at radius 3 is 2.34 bits per heavy atom. The Hall–Kier alpha value is -0.980. The summed E-state index contributed by atoms with van der Waals surface area (Å²) in [5, 5.41) is 15.3. The minimum absolute atomic E-state index is 0. The van der Waals surface area contributed by atoms with Gasteiger partial charge < -0.3 is 14.7 Å². The number of hydrogen-bond donors (Lipinski definition) is 1. The van der Waals surface area contributed by atoms with Gasteiger partial charge in [0.1, 0.15) is 5.75 Å². The van der Waals surface area contributed by atoms with Crippen LogP contribution in [0.15, 0.2) is 41.1 Å². The number of thiophene rings is 1. The molecule has 0 radical (unpaired) electrons. The Morgan fingerprint density at radius 2 is 1.79 bits per heavy atom. The molecule has 2 aromatic rings. The van der Waals surface area contributed by atoms with Crippen molar-refractivity contribution in [3.05, 3.63) is 46.7 Å². The van der Waals surface area contributed by atoms with Crippen molar-refractivity contribution in [1.29, 1.82) is 0 Å². The summed E-state index contributed by atoms with van der Waals surface area (Å²) in [5.41, 5.74) is 2.00. The Kier molecular flexibility index (Phi) is 10.8. The van der Waals surface area contributed by atoms with Gasteiger partial charge in [0.05, 0.1) is 11.7 Å². The quantitative estimate of drug-likeness (QED) is 0.584. The molecule has 1 aliphatic heterocycles. The number of ether oxygens (including phenoxy) is 1. The van der Waals surface area contributed by atoms with E-state index in [0.717, 1.165) is 56.9 Å². The molecule has 0 unspecified atom stereocenters. The zero-order chi connectivity index (χ0) is 19.3. The van der Waals surface area contributed by atoms with Crippen LogP contribution in [0.1, 0.15) is 38.7 Å². The average molecular weight is 461 g/mol. The van der Waals surface area contributed by atoms with E-state index in [1.165, 1.54) is 5.56 Å². The van der Waals surface area contributed by atoms with Crippen LogP contribution in [0.25, 0.3) is 0 Å². The smallest absolute Gasteiger partial charge is 0.119 e. The van der Waals surface area contributed by atoms with Crippen LogP contribution in [-0.4, -0.2) is 48.4 Å². The predicted octanol–water partition coefficient (Wildman–Crippen LogP) is 5.23. The summed E-state index contributed by atoms with van der Waals surface area (Å²) in [5.74, 6) is 0.902. The molecule has 164 valence electrons. The third-order valence-electron chi connectivity index (χ3n) is 5.33. The Bertz CT molecular complexity index is 687. The van der Waals surface area contributed by atoms with Gasteiger partial charge in [0.15, 0.2) is 0 Å². The summed E-state index contributed by atoms with van der Waals surface area (Å²) in [4.78, 5) is 4.67. The van der Waals surface area contributed by atoms with Crippen LogP contribution in [-0.2, 0) is 6.54 Å². The number of likely N-dealkylation sites (tertiary alicyclic amines) is 1. The Labute approximate surface area is 191 Å². The van der Waals surface area contributed by atoms with Crippen molar-refractivity contribution in [2.45, 2.75) is 51.4 Å². The van der Waals surface area contributed by atoms with Crippen LogP contribution in [0.2, 0.25) is 0 Å². The number of rotatable bonds is 8. The maximum Gasteiger partial charge on any atom is 0.119 e. The van der Waals surface area contributed by atoms with Gasteiger partial charge in [0.2, 0.25) is 0 Å². The van der Waals surface area contributed by atoms with Crippen LogP contribution in [0.4, 0.5) is 5.69 Å². The Balaban J connectivity index is 0.00000210. The molecule has 2 heterocycles. The molecule has 0 bridgehead atoms. The Morgan fingerprint density at radius 1 is 1.14 bits per heavy atom. The number of nitrogens with zero attached hydrogens (tertiary/aromatic N) is 2. The maximum atomic E-state index is 11.0. The highest BCUT2D eigenvalue weighted by atomic mass is 35.5. The second kappa shape index (κ2) is 12.0. The predicted molar refractivity (Wildman–Crippen MR) is 128 cm³/mol. The van der Waals surface area contributed by atoms with Crippen LogP contribution >= 0.6 is 36.2 Å². The lowest BCUT2D eigenvalue weighted by atomic mass is 9.88. The van der Waals surface area contributed by atoms with E-state index in [2.05, 4.69) is 45.8 Å². The summed E-state index contributed by atoms with van der Waals surface area (Å²) < 4.78 is 5.70. The molecule has 1 saturated heterocycles. The molecular formula is C22H34Cl2N2O2S. The van der Waals surface area contributed by atoms with Crippen molar-refractivity contribution in [3.8, 4) is 5.75 Å². The third-order valence-corrected chi connectivity index (χ3v) is 6.07. The molecule has 0 aliphatic carbocycles. The van der Waals surface area contributed by atoms with Crippen LogP contribution in [0, 0.1) is 0 Å². The molecule has 7 heteroatoms. The number of hydrogen-bond acceptors (Lipinski definition) is 5. The molecule has 1 N–H and O–H groups in total. The molecule has 1 aromatic heterocycles. The minimum Gasteiger partial charge on any atom is -0.491 e. The molecule has 4 nitrogen and oxygen atoms in total. The molecule has 29 heavy (non-hydrogen) atoms. The van der Waals surface area contributed by atoms with Gasteiger partial charge in [-0.3, -0.25) is 4.90 Å². The standard InChI is InChI=1S/C22H32N2O2S.2ClH/c1-18(2)26-21-6-4-20(5-7-21)23(3)12-9-22(25)10-13-24(14-11-22)16-19-8-15-27-17-19;;/h4-8,15,17-18,25H,9-14,16H2,1-3H3;2*1H. The zero-order valence-electron chi connectivity index (χ0n) is 17.5. The molecular weight excluding hydrogens is 427 g/mol. The lowest BCUT2D eigenvalue weighted by Crippen LogP contribution is -2.45. The number of anilines is 1. The van der Waals surface area contributed by atoms with E-state index < -0.39 is 5.60 Å². The van der Waals surface area contributed by atoms with Crippen molar-refractivity contribution in [2.75, 3.05) is 31.6 Å². The molecule has 0 saturated carbocycles. The van der Waals surface area contributed by atoms with Crippen LogP contribution in [0.3, 0.4) is 0 Å². The summed E-state index contributed by atoms with van der Waals surface area (Å²) in [6.45, 7) is 7.86. The second-order valence-corrected chi connectivity index (χ2v) is 8.74. The van der Waals surface area contributed by atoms with Crippen molar-refractivity contribution >= 4 is 41.8 Å². The van der Waals surface area contributed by atoms with Gasteiger partial charge in [-0.05, 0) is 79.8 Å². The van der Waals surface area contributed by atoms with E-state index in [0.29, 0.717) is 0 Å². The fourth-order valence-corrected chi connectivity index (χ4v) is 4.23. The first-order valence-corrected chi connectivity index (χ1v) is 10.8. The monoisotopic (exact) mass is 460 g/mol. The van der Waals surface area contributed by atoms with Gasteiger partial charge in [0.25, 0.3) is 0 Å². The van der Waals surface area contributed by atoms with Gasteiger partial charge in [0, 0.05) is 38.9 Å². The SMILES string of the molecule is CC(C)Oc1ccc(N(C)CCC2(O)CCN(Cc3ccsc3)CC2)cc1.Cl.Cl. The zero-order valence-corrected chi connectivity index (χ0v) is 20.0. The van der Waals surface area contributed by atoms with Gasteiger partial charge in [-0.25, -0.2) is 0 Å². The fourth-order valence-electron chi connectivity index (χ4n) is 3.57. The van der Waals surface area contributed by atoms with E-state index >= 15 is 0 Å². The van der Waals surface area contributed by atoms with Gasteiger partial charge in [-0.2, -0.15) is 11.3 Å². The van der Waals surface area contributed by atoms with E-state index in [4.69, 9.17) is 4.74 Å². The first-order chi connectivity index (χ1) is 12.9. The third kappa shape index (κ3) is 7.99. The molecule has 1 aliphatic rings. The van der Waals surface area contributed by atoms with E-state index in [1.807, 2.05) is 26.0 Å². The van der Waals surface area contributed by atoms with E-state index in [-0.39, 0.29) is 30.9 Å². The molecule has 0 spiro atoms. The van der Waals surface area contributed by atoms with Crippen molar-refractivity contribution < 1.29 is 9.84 Å². The number of benzene rings is 1. The summed E-state index contributed by atoms with van der Waals surface area (Å²) in [6, 6.07) is 10.4. The summed E-state index contributed by atoms with van der Waals surface area (Å²) in [7, 11) is 2.09. The van der Waals surface area contributed by atoms with Crippen molar-refractivity contribution in [1.82, 2.24) is 4.90 Å². The number of halogens is 2. The number of piperidine rings is 1. The topological polar surface area (TPSA) is 35.9 Å². The van der Waals surface area contributed by atoms with Crippen molar-refractivity contribution in [3.63, 3.8) is 0 Å². The fraction of sp³-hybridized carbons (Fsp3) is 0.545. The normalized spacial score (nSPS) is 16.0. The van der Waals surface area contributed by atoms with Crippen LogP contribution in [0.5, 0.6) is 5.75 Å². The van der Waals surface area contributed by atoms with E-state index in [1.54, 1.807) is 11.3 Å². The second-order valence-electron chi connectivity index (χ2n) is 7.96. The highest BCUT2D eigenvalue weighted by Crippen LogP contribution is 2.28. The lowest BCUT2D eigenvalue weighted by molar-refractivity contribution is -0.0275. The summed E-state index contributed by atoms with van der Waals surface area (Å²) in [6.07, 6.45) is 2.70. The van der Waals surface area contributed by atoms with Crippen LogP contribution < -0.4 is 9.64 Å². The van der Waals surface area contributed by atoms with Gasteiger partial charge in [-0.1, -0.05) is 0 Å². The molecule has 0 amide bonds. The van der Waals surface area contributed by atoms with Crippen molar-refractivity contribution in [2.24, 2.45) is 0 Å². The highest BCUT2D eigenvalue weighted by molar-refractivity contribution is 7.07.